The predicted octanol–water partition coefficient (Wildman–Crippen LogP) is 3.99. The molecule has 0 atom stereocenters. The third-order valence-electron chi connectivity index (χ3n) is 3.57. The van der Waals surface area contributed by atoms with E-state index < -0.39 is 0 Å². The van der Waals surface area contributed by atoms with Gasteiger partial charge in [-0.25, -0.2) is 4.98 Å². The number of nitrogens with one attached hydrogen (secondary N) is 2. The van der Waals surface area contributed by atoms with Crippen molar-refractivity contribution < 1.29 is 4.79 Å². The molecule has 0 fully saturated rings. The fraction of sp³-hybridized carbons (Fsp3) is 0.105. The Morgan fingerprint density at radius 2 is 1.92 bits per heavy atom. The van der Waals surface area contributed by atoms with Crippen LogP contribution in [-0.4, -0.2) is 21.6 Å². The summed E-state index contributed by atoms with van der Waals surface area (Å²) < 4.78 is 0. The van der Waals surface area contributed by atoms with Crippen LogP contribution in [0.2, 0.25) is 0 Å². The average molecular weight is 348 g/mol. The number of rotatable bonds is 5. The molecule has 5 nitrogen and oxygen atoms in total. The molecule has 2 aromatic carbocycles. The molecule has 6 heteroatoms. The fourth-order valence-electron chi connectivity index (χ4n) is 2.39. The van der Waals surface area contributed by atoms with E-state index in [4.69, 9.17) is 5.26 Å². The Hall–Kier alpha value is -3.04. The number of amides is 1. The van der Waals surface area contributed by atoms with E-state index in [1.54, 1.807) is 24.3 Å². The van der Waals surface area contributed by atoms with Gasteiger partial charge in [0.05, 0.1) is 22.7 Å². The van der Waals surface area contributed by atoms with Crippen LogP contribution in [0.1, 0.15) is 11.3 Å². The number of anilines is 1. The van der Waals surface area contributed by atoms with Gasteiger partial charge in [-0.05, 0) is 19.1 Å². The molecule has 1 heterocycles. The monoisotopic (exact) mass is 348 g/mol. The summed E-state index contributed by atoms with van der Waals surface area (Å²) in [5.41, 5.74) is 3.86. The Labute approximate surface area is 150 Å². The third kappa shape index (κ3) is 4.08. The van der Waals surface area contributed by atoms with Gasteiger partial charge in [0.25, 0.3) is 0 Å². The molecule has 0 spiro atoms. The predicted molar refractivity (Wildman–Crippen MR) is 99.3 cm³/mol. The molecule has 3 aromatic rings. The van der Waals surface area contributed by atoms with E-state index in [1.807, 2.05) is 37.3 Å². The Morgan fingerprint density at radius 3 is 2.68 bits per heavy atom. The van der Waals surface area contributed by atoms with Crippen molar-refractivity contribution >= 4 is 23.4 Å². The van der Waals surface area contributed by atoms with Crippen LogP contribution in [0.5, 0.6) is 0 Å². The van der Waals surface area contributed by atoms with E-state index in [-0.39, 0.29) is 11.7 Å². The maximum atomic E-state index is 12.1. The van der Waals surface area contributed by atoms with E-state index in [0.717, 1.165) is 17.0 Å². The van der Waals surface area contributed by atoms with Crippen LogP contribution in [-0.2, 0) is 4.79 Å². The summed E-state index contributed by atoms with van der Waals surface area (Å²) in [5.74, 6) is 0.0315. The van der Waals surface area contributed by atoms with Gasteiger partial charge in [0, 0.05) is 11.3 Å². The van der Waals surface area contributed by atoms with Crippen molar-refractivity contribution in [3.8, 4) is 17.3 Å². The number of carbonyl (C=O) groups excluding carboxylic acids is 1. The number of nitrogens with zero attached hydrogens (tertiary/aromatic N) is 2. The van der Waals surface area contributed by atoms with Crippen molar-refractivity contribution in [2.24, 2.45) is 0 Å². The van der Waals surface area contributed by atoms with Crippen molar-refractivity contribution in [2.75, 3.05) is 11.1 Å². The molecule has 124 valence electrons. The first-order valence-electron chi connectivity index (χ1n) is 7.71. The molecule has 0 unspecified atom stereocenters. The van der Waals surface area contributed by atoms with Crippen LogP contribution < -0.4 is 5.32 Å². The zero-order valence-corrected chi connectivity index (χ0v) is 14.4. The van der Waals surface area contributed by atoms with Crippen molar-refractivity contribution in [3.63, 3.8) is 0 Å². The molecule has 1 amide bonds. The van der Waals surface area contributed by atoms with E-state index in [2.05, 4.69) is 21.4 Å². The van der Waals surface area contributed by atoms with Crippen molar-refractivity contribution in [2.45, 2.75) is 12.1 Å². The average Bonchev–Trinajstić information content (AvgIpc) is 3.02. The zero-order chi connectivity index (χ0) is 17.6. The zero-order valence-electron chi connectivity index (χ0n) is 13.6. The smallest absolute Gasteiger partial charge is 0.234 e. The second-order valence-corrected chi connectivity index (χ2v) is 6.34. The Kier molecular flexibility index (Phi) is 5.17. The standard InChI is InChI=1S/C19H16N4OS/c1-13-18(14-7-3-2-4-8-14)23-19(21-13)25-12-17(24)22-16-10-6-5-9-15(16)11-20/h2-10H,12H2,1H3,(H,21,23)(H,22,24). The number of imidazole rings is 1. The number of benzene rings is 2. The molecule has 0 aliphatic heterocycles. The summed E-state index contributed by atoms with van der Waals surface area (Å²) in [6, 6.07) is 18.9. The van der Waals surface area contributed by atoms with Gasteiger partial charge in [-0.1, -0.05) is 54.2 Å². The summed E-state index contributed by atoms with van der Waals surface area (Å²) >= 11 is 1.33. The first kappa shape index (κ1) is 16.8. The summed E-state index contributed by atoms with van der Waals surface area (Å²) in [6.07, 6.45) is 0. The minimum atomic E-state index is -0.178. The lowest BCUT2D eigenvalue weighted by atomic mass is 10.1. The van der Waals surface area contributed by atoms with E-state index in [0.29, 0.717) is 16.4 Å². The maximum absolute atomic E-state index is 12.1. The Balaban J connectivity index is 1.64. The molecular formula is C19H16N4OS. The summed E-state index contributed by atoms with van der Waals surface area (Å²) in [5, 5.41) is 12.5. The molecule has 0 aliphatic carbocycles. The fourth-order valence-corrected chi connectivity index (χ4v) is 3.11. The van der Waals surface area contributed by atoms with Crippen LogP contribution in [0.15, 0.2) is 59.8 Å². The lowest BCUT2D eigenvalue weighted by molar-refractivity contribution is -0.113. The highest BCUT2D eigenvalue weighted by molar-refractivity contribution is 7.99. The van der Waals surface area contributed by atoms with Crippen LogP contribution >= 0.6 is 11.8 Å². The molecule has 25 heavy (non-hydrogen) atoms. The highest BCUT2D eigenvalue weighted by Gasteiger charge is 2.12. The largest absolute Gasteiger partial charge is 0.337 e. The summed E-state index contributed by atoms with van der Waals surface area (Å²) in [4.78, 5) is 19.9. The lowest BCUT2D eigenvalue weighted by Gasteiger charge is -2.05. The van der Waals surface area contributed by atoms with E-state index in [9.17, 15) is 4.79 Å². The normalized spacial score (nSPS) is 10.2. The van der Waals surface area contributed by atoms with Gasteiger partial charge < -0.3 is 10.3 Å². The van der Waals surface area contributed by atoms with E-state index in [1.165, 1.54) is 11.8 Å². The van der Waals surface area contributed by atoms with Gasteiger partial charge >= 0.3 is 0 Å². The molecule has 0 saturated carbocycles. The number of aromatic amines is 1. The quantitative estimate of drug-likeness (QED) is 0.683. The van der Waals surface area contributed by atoms with Gasteiger partial charge in [0.15, 0.2) is 5.16 Å². The summed E-state index contributed by atoms with van der Waals surface area (Å²) in [7, 11) is 0. The number of para-hydroxylation sites is 1. The van der Waals surface area contributed by atoms with Gasteiger partial charge in [-0.15, -0.1) is 0 Å². The number of aryl methyl sites for hydroxylation is 1. The van der Waals surface area contributed by atoms with Crippen LogP contribution in [0.4, 0.5) is 5.69 Å². The number of aromatic nitrogens is 2. The molecule has 1 aromatic heterocycles. The SMILES string of the molecule is Cc1[nH]c(SCC(=O)Nc2ccccc2C#N)nc1-c1ccccc1. The Bertz CT molecular complexity index is 928. The number of hydrogen-bond donors (Lipinski definition) is 2. The number of H-pyrrole nitrogens is 1. The highest BCUT2D eigenvalue weighted by atomic mass is 32.2. The number of nitriles is 1. The third-order valence-corrected chi connectivity index (χ3v) is 4.45. The Morgan fingerprint density at radius 1 is 1.20 bits per heavy atom. The highest BCUT2D eigenvalue weighted by Crippen LogP contribution is 2.25. The lowest BCUT2D eigenvalue weighted by Crippen LogP contribution is -2.15. The molecule has 3 rings (SSSR count). The van der Waals surface area contributed by atoms with Crippen LogP contribution in [0, 0.1) is 18.3 Å². The van der Waals surface area contributed by atoms with Crippen molar-refractivity contribution in [3.05, 3.63) is 65.9 Å². The summed E-state index contributed by atoms with van der Waals surface area (Å²) in [6.45, 7) is 1.96. The van der Waals surface area contributed by atoms with Crippen molar-refractivity contribution in [1.29, 1.82) is 5.26 Å². The van der Waals surface area contributed by atoms with E-state index >= 15 is 0 Å². The molecule has 0 saturated heterocycles. The first-order chi connectivity index (χ1) is 12.2. The molecular weight excluding hydrogens is 332 g/mol. The molecule has 0 bridgehead atoms. The molecule has 0 radical (unpaired) electrons. The number of thioether (sulfide) groups is 1. The maximum Gasteiger partial charge on any atom is 0.234 e. The number of carbonyl (C=O) groups is 1. The van der Waals surface area contributed by atoms with Gasteiger partial charge in [0.2, 0.25) is 5.91 Å². The number of hydrogen-bond acceptors (Lipinski definition) is 4. The minimum Gasteiger partial charge on any atom is -0.337 e. The van der Waals surface area contributed by atoms with Crippen LogP contribution in [0.3, 0.4) is 0 Å². The second kappa shape index (κ2) is 7.69. The molecule has 0 aliphatic rings. The minimum absolute atomic E-state index is 0.178. The topological polar surface area (TPSA) is 81.6 Å². The van der Waals surface area contributed by atoms with Gasteiger partial charge in [0.1, 0.15) is 6.07 Å². The molecule has 2 N–H and O–H groups in total. The van der Waals surface area contributed by atoms with Crippen molar-refractivity contribution in [1.82, 2.24) is 9.97 Å². The van der Waals surface area contributed by atoms with Gasteiger partial charge in [-0.2, -0.15) is 5.26 Å². The second-order valence-electron chi connectivity index (χ2n) is 5.38. The van der Waals surface area contributed by atoms with Crippen LogP contribution in [0.25, 0.3) is 11.3 Å². The van der Waals surface area contributed by atoms with Gasteiger partial charge in [-0.3, -0.25) is 4.79 Å². The first-order valence-corrected chi connectivity index (χ1v) is 8.69.